The van der Waals surface area contributed by atoms with E-state index in [9.17, 15) is 4.79 Å². The SMILES string of the molecule is CCOc1ccc(NC(=O)c2ccc(Cn3nc(C)c(Cl)c3C)o2)cc1. The van der Waals surface area contributed by atoms with Crippen LogP contribution in [0, 0.1) is 13.8 Å². The molecule has 0 aliphatic rings. The standard InChI is InChI=1S/C19H20ClN3O3/c1-4-25-15-7-5-14(6-8-15)21-19(24)17-10-9-16(26-17)11-23-13(3)18(20)12(2)22-23/h5-10H,4,11H2,1-3H3,(H,21,24). The van der Waals surface area contributed by atoms with Crippen LogP contribution in [0.4, 0.5) is 5.69 Å². The van der Waals surface area contributed by atoms with Crippen LogP contribution in [-0.4, -0.2) is 22.3 Å². The first-order valence-electron chi connectivity index (χ1n) is 8.30. The molecule has 0 unspecified atom stereocenters. The zero-order valence-electron chi connectivity index (χ0n) is 14.9. The van der Waals surface area contributed by atoms with Crippen molar-refractivity contribution in [3.05, 3.63) is 64.3 Å². The van der Waals surface area contributed by atoms with Gasteiger partial charge in [-0.2, -0.15) is 5.10 Å². The molecule has 1 amide bonds. The van der Waals surface area contributed by atoms with Crippen molar-refractivity contribution in [2.75, 3.05) is 11.9 Å². The van der Waals surface area contributed by atoms with Crippen molar-refractivity contribution in [1.29, 1.82) is 0 Å². The third-order valence-corrected chi connectivity index (χ3v) is 4.45. The minimum atomic E-state index is -0.313. The molecule has 0 spiro atoms. The largest absolute Gasteiger partial charge is 0.494 e. The van der Waals surface area contributed by atoms with E-state index in [1.807, 2.05) is 20.8 Å². The molecule has 1 aromatic carbocycles. The highest BCUT2D eigenvalue weighted by atomic mass is 35.5. The first kappa shape index (κ1) is 18.1. The lowest BCUT2D eigenvalue weighted by Crippen LogP contribution is -2.11. The summed E-state index contributed by atoms with van der Waals surface area (Å²) in [5.74, 6) is 1.31. The number of carbonyl (C=O) groups excluding carboxylic acids is 1. The summed E-state index contributed by atoms with van der Waals surface area (Å²) in [6, 6.07) is 10.6. The minimum absolute atomic E-state index is 0.238. The van der Waals surface area contributed by atoms with Crippen LogP contribution in [0.15, 0.2) is 40.8 Å². The van der Waals surface area contributed by atoms with Gasteiger partial charge < -0.3 is 14.5 Å². The zero-order valence-corrected chi connectivity index (χ0v) is 15.6. The second-order valence-corrected chi connectivity index (χ2v) is 6.20. The van der Waals surface area contributed by atoms with Crippen LogP contribution in [0.1, 0.15) is 34.6 Å². The van der Waals surface area contributed by atoms with Gasteiger partial charge in [0.1, 0.15) is 11.5 Å². The molecule has 3 rings (SSSR count). The van der Waals surface area contributed by atoms with Crippen LogP contribution in [0.25, 0.3) is 0 Å². The average molecular weight is 374 g/mol. The lowest BCUT2D eigenvalue weighted by Gasteiger charge is -2.06. The van der Waals surface area contributed by atoms with Crippen molar-refractivity contribution in [3.63, 3.8) is 0 Å². The number of aryl methyl sites for hydroxylation is 1. The average Bonchev–Trinajstić information content (AvgIpc) is 3.18. The third-order valence-electron chi connectivity index (χ3n) is 3.91. The van der Waals surface area contributed by atoms with Gasteiger partial charge in [0.25, 0.3) is 5.91 Å². The van der Waals surface area contributed by atoms with Gasteiger partial charge >= 0.3 is 0 Å². The van der Waals surface area contributed by atoms with E-state index in [0.717, 1.165) is 17.1 Å². The molecular weight excluding hydrogens is 354 g/mol. The van der Waals surface area contributed by atoms with Crippen molar-refractivity contribution in [2.45, 2.75) is 27.3 Å². The summed E-state index contributed by atoms with van der Waals surface area (Å²) in [5.41, 5.74) is 2.30. The molecule has 0 atom stereocenters. The van der Waals surface area contributed by atoms with Crippen molar-refractivity contribution < 1.29 is 13.9 Å². The molecule has 0 saturated heterocycles. The highest BCUT2D eigenvalue weighted by Crippen LogP contribution is 2.21. The summed E-state index contributed by atoms with van der Waals surface area (Å²) < 4.78 is 12.8. The number of nitrogens with zero attached hydrogens (tertiary/aromatic N) is 2. The molecule has 0 bridgehead atoms. The summed E-state index contributed by atoms with van der Waals surface area (Å²) in [6.07, 6.45) is 0. The Morgan fingerprint density at radius 1 is 1.23 bits per heavy atom. The maximum absolute atomic E-state index is 12.3. The van der Waals surface area contributed by atoms with E-state index in [0.29, 0.717) is 29.6 Å². The van der Waals surface area contributed by atoms with E-state index in [2.05, 4.69) is 10.4 Å². The zero-order chi connectivity index (χ0) is 18.7. The predicted octanol–water partition coefficient (Wildman–Crippen LogP) is 4.45. The van der Waals surface area contributed by atoms with Crippen molar-refractivity contribution >= 4 is 23.2 Å². The number of amides is 1. The van der Waals surface area contributed by atoms with Crippen molar-refractivity contribution in [1.82, 2.24) is 9.78 Å². The van der Waals surface area contributed by atoms with Gasteiger partial charge in [0.05, 0.1) is 29.6 Å². The fraction of sp³-hybridized carbons (Fsp3) is 0.263. The molecule has 136 valence electrons. The second kappa shape index (κ2) is 7.66. The third kappa shape index (κ3) is 3.91. The van der Waals surface area contributed by atoms with Gasteiger partial charge in [-0.05, 0) is 57.2 Å². The Bertz CT molecular complexity index is 913. The van der Waals surface area contributed by atoms with Gasteiger partial charge in [0.2, 0.25) is 0 Å². The minimum Gasteiger partial charge on any atom is -0.494 e. The molecule has 0 aliphatic carbocycles. The Kier molecular flexibility index (Phi) is 5.32. The molecular formula is C19H20ClN3O3. The van der Waals surface area contributed by atoms with Crippen LogP contribution in [0.5, 0.6) is 5.75 Å². The number of ether oxygens (including phenoxy) is 1. The molecule has 0 fully saturated rings. The van der Waals surface area contributed by atoms with Gasteiger partial charge in [-0.25, -0.2) is 0 Å². The van der Waals surface area contributed by atoms with E-state index in [1.54, 1.807) is 41.1 Å². The molecule has 0 aliphatic heterocycles. The number of furan rings is 1. The van der Waals surface area contributed by atoms with E-state index >= 15 is 0 Å². The lowest BCUT2D eigenvalue weighted by molar-refractivity contribution is 0.0994. The highest BCUT2D eigenvalue weighted by Gasteiger charge is 2.14. The number of halogens is 1. The van der Waals surface area contributed by atoms with Crippen molar-refractivity contribution in [2.24, 2.45) is 0 Å². The van der Waals surface area contributed by atoms with E-state index in [-0.39, 0.29) is 11.7 Å². The van der Waals surface area contributed by atoms with E-state index in [1.165, 1.54) is 0 Å². The summed E-state index contributed by atoms with van der Waals surface area (Å²) >= 11 is 6.15. The maximum atomic E-state index is 12.3. The number of benzene rings is 1. The molecule has 26 heavy (non-hydrogen) atoms. The van der Waals surface area contributed by atoms with Gasteiger partial charge in [-0.3, -0.25) is 9.48 Å². The molecule has 2 heterocycles. The molecule has 1 N–H and O–H groups in total. The molecule has 6 nitrogen and oxygen atoms in total. The fourth-order valence-corrected chi connectivity index (χ4v) is 2.69. The van der Waals surface area contributed by atoms with Crippen LogP contribution in [0.3, 0.4) is 0 Å². The Hall–Kier alpha value is -2.73. The van der Waals surface area contributed by atoms with E-state index in [4.69, 9.17) is 20.8 Å². The van der Waals surface area contributed by atoms with Crippen LogP contribution in [0.2, 0.25) is 5.02 Å². The second-order valence-electron chi connectivity index (χ2n) is 5.82. The summed E-state index contributed by atoms with van der Waals surface area (Å²) in [6.45, 7) is 6.68. The van der Waals surface area contributed by atoms with Crippen LogP contribution in [-0.2, 0) is 6.54 Å². The number of aromatic nitrogens is 2. The summed E-state index contributed by atoms with van der Waals surface area (Å²) in [4.78, 5) is 12.3. The number of hydrogen-bond donors (Lipinski definition) is 1. The molecule has 0 saturated carbocycles. The maximum Gasteiger partial charge on any atom is 0.291 e. The fourth-order valence-electron chi connectivity index (χ4n) is 2.56. The van der Waals surface area contributed by atoms with Crippen LogP contribution < -0.4 is 10.1 Å². The summed E-state index contributed by atoms with van der Waals surface area (Å²) in [5, 5.41) is 7.80. The Balaban J connectivity index is 1.66. The normalized spacial score (nSPS) is 10.8. The smallest absolute Gasteiger partial charge is 0.291 e. The van der Waals surface area contributed by atoms with Gasteiger partial charge in [0, 0.05) is 5.69 Å². The highest BCUT2D eigenvalue weighted by molar-refractivity contribution is 6.31. The summed E-state index contributed by atoms with van der Waals surface area (Å²) in [7, 11) is 0. The van der Waals surface area contributed by atoms with Crippen molar-refractivity contribution in [3.8, 4) is 5.75 Å². The van der Waals surface area contributed by atoms with Gasteiger partial charge in [-0.15, -0.1) is 0 Å². The Labute approximate surface area is 156 Å². The molecule has 3 aromatic rings. The number of hydrogen-bond acceptors (Lipinski definition) is 4. The topological polar surface area (TPSA) is 69.3 Å². The Morgan fingerprint density at radius 2 is 1.96 bits per heavy atom. The quantitative estimate of drug-likeness (QED) is 0.693. The monoisotopic (exact) mass is 373 g/mol. The number of carbonyl (C=O) groups is 1. The first-order valence-corrected chi connectivity index (χ1v) is 8.68. The van der Waals surface area contributed by atoms with E-state index < -0.39 is 0 Å². The molecule has 0 radical (unpaired) electrons. The van der Waals surface area contributed by atoms with Gasteiger partial charge in [-0.1, -0.05) is 11.6 Å². The van der Waals surface area contributed by atoms with Crippen LogP contribution >= 0.6 is 11.6 Å². The molecule has 2 aromatic heterocycles. The number of anilines is 1. The molecule has 7 heteroatoms. The van der Waals surface area contributed by atoms with Gasteiger partial charge in [0.15, 0.2) is 5.76 Å². The first-order chi connectivity index (χ1) is 12.5. The number of nitrogens with one attached hydrogen (secondary N) is 1. The lowest BCUT2D eigenvalue weighted by atomic mass is 10.3. The predicted molar refractivity (Wildman–Crippen MR) is 100 cm³/mol. The Morgan fingerprint density at radius 3 is 2.58 bits per heavy atom. The number of rotatable bonds is 6.